The van der Waals surface area contributed by atoms with Gasteiger partial charge in [-0.15, -0.1) is 0 Å². The second-order valence-electron chi connectivity index (χ2n) is 1.59. The van der Waals surface area contributed by atoms with E-state index < -0.39 is 6.17 Å². The quantitative estimate of drug-likeness (QED) is 0.469. The summed E-state index contributed by atoms with van der Waals surface area (Å²) in [6, 6.07) is 0. The second-order valence-corrected chi connectivity index (χ2v) is 1.59. The zero-order chi connectivity index (χ0) is 5.70. The molecule has 0 heterocycles. The van der Waals surface area contributed by atoms with E-state index in [4.69, 9.17) is 0 Å². The summed E-state index contributed by atoms with van der Waals surface area (Å²) in [7, 11) is 0. The van der Waals surface area contributed by atoms with Gasteiger partial charge in [-0.1, -0.05) is 12.2 Å². The van der Waals surface area contributed by atoms with Gasteiger partial charge in [-0.3, -0.25) is 0 Å². The molecule has 0 radical (unpaired) electrons. The van der Waals surface area contributed by atoms with Crippen molar-refractivity contribution in [3.8, 4) is 0 Å². The summed E-state index contributed by atoms with van der Waals surface area (Å²) in [4.78, 5) is 0. The number of hydrogen-bond acceptors (Lipinski definition) is 0. The van der Waals surface area contributed by atoms with Gasteiger partial charge in [0.15, 0.2) is 0 Å². The number of hydrogen-bond donors (Lipinski definition) is 0. The van der Waals surface area contributed by atoms with Crippen molar-refractivity contribution in [2.75, 3.05) is 0 Å². The lowest BCUT2D eigenvalue weighted by atomic mass is 10.3. The Hall–Kier alpha value is -0.330. The van der Waals surface area contributed by atoms with E-state index >= 15 is 0 Å². The molecule has 0 saturated heterocycles. The molecule has 0 aliphatic rings. The number of alkyl halides is 1. The molecule has 0 N–H and O–H groups in total. The van der Waals surface area contributed by atoms with Gasteiger partial charge in [0.1, 0.15) is 6.17 Å². The lowest BCUT2D eigenvalue weighted by Crippen LogP contribution is -1.86. The Morgan fingerprint density at radius 2 is 2.29 bits per heavy atom. The van der Waals surface area contributed by atoms with E-state index in [9.17, 15) is 4.39 Å². The van der Waals surface area contributed by atoms with E-state index in [1.807, 2.05) is 19.1 Å². The Morgan fingerprint density at radius 1 is 1.71 bits per heavy atom. The molecule has 0 fully saturated rings. The first kappa shape index (κ1) is 6.67. The monoisotopic (exact) mass is 102 g/mol. The van der Waals surface area contributed by atoms with Crippen LogP contribution in [-0.4, -0.2) is 6.17 Å². The summed E-state index contributed by atoms with van der Waals surface area (Å²) < 4.78 is 11.8. The van der Waals surface area contributed by atoms with Crippen molar-refractivity contribution in [1.82, 2.24) is 0 Å². The van der Waals surface area contributed by atoms with Crippen LogP contribution in [0.3, 0.4) is 0 Å². The standard InChI is InChI=1S/C6H11F/c1-3-4-5-6(2)7/h3-4,6H,5H2,1-2H3/b4-3-. The van der Waals surface area contributed by atoms with Gasteiger partial charge in [-0.05, 0) is 20.3 Å². The maximum atomic E-state index is 11.8. The Labute approximate surface area is 44.0 Å². The van der Waals surface area contributed by atoms with Gasteiger partial charge in [0.2, 0.25) is 0 Å². The highest BCUT2D eigenvalue weighted by molar-refractivity contribution is 4.78. The summed E-state index contributed by atoms with van der Waals surface area (Å²) >= 11 is 0. The van der Waals surface area contributed by atoms with E-state index in [0.29, 0.717) is 6.42 Å². The molecular formula is C6H11F. The Balaban J connectivity index is 2.97. The molecule has 1 atom stereocenters. The Bertz CT molecular complexity index is 55.2. The summed E-state index contributed by atoms with van der Waals surface area (Å²) in [5.74, 6) is 0. The van der Waals surface area contributed by atoms with Crippen molar-refractivity contribution >= 4 is 0 Å². The topological polar surface area (TPSA) is 0 Å². The summed E-state index contributed by atoms with van der Waals surface area (Å²) in [5.41, 5.74) is 0. The van der Waals surface area contributed by atoms with Crippen LogP contribution in [0.5, 0.6) is 0 Å². The Kier molecular flexibility index (Phi) is 3.67. The molecule has 0 aliphatic carbocycles. The second kappa shape index (κ2) is 3.85. The molecule has 0 nitrogen and oxygen atoms in total. The molecular weight excluding hydrogens is 91.1 g/mol. The average Bonchev–Trinajstić information content (AvgIpc) is 1.61. The SMILES string of the molecule is C/C=C\CC(C)F. The molecule has 0 amide bonds. The first-order valence-electron chi connectivity index (χ1n) is 2.52. The molecule has 0 aromatic heterocycles. The van der Waals surface area contributed by atoms with Crippen LogP contribution in [0.25, 0.3) is 0 Å². The number of halogens is 1. The van der Waals surface area contributed by atoms with Crippen LogP contribution in [0.15, 0.2) is 12.2 Å². The zero-order valence-corrected chi connectivity index (χ0v) is 4.82. The molecule has 0 rings (SSSR count). The minimum Gasteiger partial charge on any atom is -0.247 e. The van der Waals surface area contributed by atoms with Crippen LogP contribution in [0.2, 0.25) is 0 Å². The molecule has 7 heavy (non-hydrogen) atoms. The van der Waals surface area contributed by atoms with Gasteiger partial charge >= 0.3 is 0 Å². The maximum Gasteiger partial charge on any atom is 0.101 e. The van der Waals surface area contributed by atoms with Crippen molar-refractivity contribution in [3.05, 3.63) is 12.2 Å². The fraction of sp³-hybridized carbons (Fsp3) is 0.667. The minimum atomic E-state index is -0.684. The van der Waals surface area contributed by atoms with Gasteiger partial charge in [0, 0.05) is 0 Å². The summed E-state index contributed by atoms with van der Waals surface area (Å²) in [6.07, 6.45) is 3.55. The predicted octanol–water partition coefficient (Wildman–Crippen LogP) is 2.31. The highest BCUT2D eigenvalue weighted by Gasteiger charge is 1.88. The molecule has 42 valence electrons. The zero-order valence-electron chi connectivity index (χ0n) is 4.82. The molecule has 0 aromatic carbocycles. The third-order valence-electron chi connectivity index (χ3n) is 0.697. The summed E-state index contributed by atoms with van der Waals surface area (Å²) in [5, 5.41) is 0. The Morgan fingerprint density at radius 3 is 2.43 bits per heavy atom. The van der Waals surface area contributed by atoms with Crippen molar-refractivity contribution in [2.24, 2.45) is 0 Å². The largest absolute Gasteiger partial charge is 0.247 e. The molecule has 1 unspecified atom stereocenters. The van der Waals surface area contributed by atoms with Gasteiger partial charge < -0.3 is 0 Å². The molecule has 0 spiro atoms. The van der Waals surface area contributed by atoms with Crippen LogP contribution < -0.4 is 0 Å². The van der Waals surface area contributed by atoms with E-state index in [-0.39, 0.29) is 0 Å². The minimum absolute atomic E-state index is 0.552. The van der Waals surface area contributed by atoms with Crippen molar-refractivity contribution in [2.45, 2.75) is 26.4 Å². The number of allylic oxidation sites excluding steroid dienone is 2. The van der Waals surface area contributed by atoms with Crippen LogP contribution in [0, 0.1) is 0 Å². The lowest BCUT2D eigenvalue weighted by Gasteiger charge is -1.89. The van der Waals surface area contributed by atoms with Crippen LogP contribution in [-0.2, 0) is 0 Å². The first-order chi connectivity index (χ1) is 3.27. The van der Waals surface area contributed by atoms with Crippen LogP contribution in [0.4, 0.5) is 4.39 Å². The van der Waals surface area contributed by atoms with E-state index in [1.165, 1.54) is 0 Å². The maximum absolute atomic E-state index is 11.8. The van der Waals surface area contributed by atoms with E-state index in [2.05, 4.69) is 0 Å². The van der Waals surface area contributed by atoms with Crippen LogP contribution >= 0.6 is 0 Å². The normalized spacial score (nSPS) is 15.3. The lowest BCUT2D eigenvalue weighted by molar-refractivity contribution is 0.365. The van der Waals surface area contributed by atoms with E-state index in [1.54, 1.807) is 6.92 Å². The van der Waals surface area contributed by atoms with Crippen LogP contribution in [0.1, 0.15) is 20.3 Å². The number of rotatable bonds is 2. The van der Waals surface area contributed by atoms with Gasteiger partial charge in [-0.2, -0.15) is 0 Å². The third-order valence-corrected chi connectivity index (χ3v) is 0.697. The van der Waals surface area contributed by atoms with E-state index in [0.717, 1.165) is 0 Å². The molecule has 0 aromatic rings. The highest BCUT2D eigenvalue weighted by Crippen LogP contribution is 1.94. The molecule has 0 aliphatic heterocycles. The van der Waals surface area contributed by atoms with Crippen molar-refractivity contribution < 1.29 is 4.39 Å². The van der Waals surface area contributed by atoms with Gasteiger partial charge in [0.05, 0.1) is 0 Å². The smallest absolute Gasteiger partial charge is 0.101 e. The summed E-state index contributed by atoms with van der Waals surface area (Å²) in [6.45, 7) is 3.45. The fourth-order valence-electron chi connectivity index (χ4n) is 0.324. The van der Waals surface area contributed by atoms with Gasteiger partial charge in [0.25, 0.3) is 0 Å². The van der Waals surface area contributed by atoms with Crippen molar-refractivity contribution in [1.29, 1.82) is 0 Å². The fourth-order valence-corrected chi connectivity index (χ4v) is 0.324. The van der Waals surface area contributed by atoms with Crippen molar-refractivity contribution in [3.63, 3.8) is 0 Å². The third kappa shape index (κ3) is 5.67. The molecule has 1 heteroatoms. The van der Waals surface area contributed by atoms with Gasteiger partial charge in [-0.25, -0.2) is 4.39 Å². The highest BCUT2D eigenvalue weighted by atomic mass is 19.1. The average molecular weight is 102 g/mol. The molecule has 0 saturated carbocycles. The molecule has 0 bridgehead atoms. The first-order valence-corrected chi connectivity index (χ1v) is 2.52. The predicted molar refractivity (Wildman–Crippen MR) is 30.0 cm³/mol.